The normalized spacial score (nSPS) is 18.9. The van der Waals surface area contributed by atoms with Crippen LogP contribution in [0.1, 0.15) is 54.4 Å². The van der Waals surface area contributed by atoms with Crippen molar-refractivity contribution in [1.82, 2.24) is 14.2 Å². The van der Waals surface area contributed by atoms with E-state index in [2.05, 4.69) is 5.32 Å². The molecule has 156 valence electrons. The van der Waals surface area contributed by atoms with Gasteiger partial charge in [0.2, 0.25) is 15.9 Å². The summed E-state index contributed by atoms with van der Waals surface area (Å²) in [5.41, 5.74) is 1.18. The molecule has 1 aliphatic carbocycles. The number of nitrogens with zero attached hydrogens (tertiary/aromatic N) is 2. The molecule has 1 aromatic heterocycles. The lowest BCUT2D eigenvalue weighted by molar-refractivity contribution is -0.126. The summed E-state index contributed by atoms with van der Waals surface area (Å²) in [6.45, 7) is 5.80. The summed E-state index contributed by atoms with van der Waals surface area (Å²) in [7, 11) is -2.13. The standard InChI is InChI=1S/C19H29N3O5S/c1-5-27-19(24)16-12(2)21(4)13(3)17(16)28(25,26)22-10-8-14(9-11-22)18(23)20-15-6-7-15/h14-15H,5-11H2,1-4H3,(H,20,23). The minimum absolute atomic E-state index is 0.0202. The fourth-order valence-electron chi connectivity index (χ4n) is 3.71. The molecule has 0 atom stereocenters. The Morgan fingerprint density at radius 2 is 1.71 bits per heavy atom. The molecule has 8 nitrogen and oxygen atoms in total. The number of carbonyl (C=O) groups is 2. The predicted octanol–water partition coefficient (Wildman–Crippen LogP) is 1.50. The second kappa shape index (κ2) is 7.87. The number of carbonyl (C=O) groups excluding carboxylic acids is 2. The highest BCUT2D eigenvalue weighted by atomic mass is 32.2. The summed E-state index contributed by atoms with van der Waals surface area (Å²) < 4.78 is 34.9. The van der Waals surface area contributed by atoms with Gasteiger partial charge in [0.15, 0.2) is 0 Å². The van der Waals surface area contributed by atoms with Gasteiger partial charge in [-0.15, -0.1) is 0 Å². The quantitative estimate of drug-likeness (QED) is 0.716. The summed E-state index contributed by atoms with van der Waals surface area (Å²) >= 11 is 0. The highest BCUT2D eigenvalue weighted by Gasteiger charge is 2.38. The monoisotopic (exact) mass is 411 g/mol. The molecule has 1 N–H and O–H groups in total. The number of hydrogen-bond acceptors (Lipinski definition) is 5. The number of sulfonamides is 1. The van der Waals surface area contributed by atoms with Crippen molar-refractivity contribution in [3.8, 4) is 0 Å². The number of esters is 1. The molecule has 2 heterocycles. The zero-order valence-electron chi connectivity index (χ0n) is 16.9. The lowest BCUT2D eigenvalue weighted by Gasteiger charge is -2.30. The zero-order valence-corrected chi connectivity index (χ0v) is 17.8. The van der Waals surface area contributed by atoms with E-state index in [1.807, 2.05) is 0 Å². The minimum atomic E-state index is -3.87. The maximum absolute atomic E-state index is 13.4. The highest BCUT2D eigenvalue weighted by molar-refractivity contribution is 7.89. The average Bonchev–Trinajstić information content (AvgIpc) is 3.44. The molecule has 1 saturated heterocycles. The van der Waals surface area contributed by atoms with Crippen LogP contribution < -0.4 is 5.32 Å². The van der Waals surface area contributed by atoms with Gasteiger partial charge < -0.3 is 14.6 Å². The van der Waals surface area contributed by atoms with Crippen molar-refractivity contribution < 1.29 is 22.7 Å². The number of nitrogens with one attached hydrogen (secondary N) is 1. The van der Waals surface area contributed by atoms with E-state index < -0.39 is 16.0 Å². The molecule has 0 bridgehead atoms. The molecular formula is C19H29N3O5S. The van der Waals surface area contributed by atoms with Gasteiger partial charge in [0, 0.05) is 43.5 Å². The Bertz CT molecular complexity index is 878. The molecule has 1 aromatic rings. The summed E-state index contributed by atoms with van der Waals surface area (Å²) in [6, 6.07) is 0.302. The van der Waals surface area contributed by atoms with Crippen molar-refractivity contribution in [3.63, 3.8) is 0 Å². The number of ether oxygens (including phenoxy) is 1. The van der Waals surface area contributed by atoms with E-state index in [0.29, 0.717) is 30.3 Å². The summed E-state index contributed by atoms with van der Waals surface area (Å²) in [5, 5.41) is 3.00. The first-order valence-electron chi connectivity index (χ1n) is 9.82. The molecule has 2 aliphatic rings. The van der Waals surface area contributed by atoms with Gasteiger partial charge in [-0.25, -0.2) is 13.2 Å². The second-order valence-corrected chi connectivity index (χ2v) is 9.49. The Balaban J connectivity index is 1.82. The molecule has 0 unspecified atom stereocenters. The van der Waals surface area contributed by atoms with E-state index in [4.69, 9.17) is 4.74 Å². The molecule has 28 heavy (non-hydrogen) atoms. The molecule has 3 rings (SSSR count). The molecule has 0 aromatic carbocycles. The van der Waals surface area contributed by atoms with Crippen LogP contribution >= 0.6 is 0 Å². The summed E-state index contributed by atoms with van der Waals surface area (Å²) in [6.07, 6.45) is 3.03. The molecule has 1 aliphatic heterocycles. The molecule has 2 fully saturated rings. The SMILES string of the molecule is CCOC(=O)c1c(S(=O)(=O)N2CCC(C(=O)NC3CC3)CC2)c(C)n(C)c1C. The topological polar surface area (TPSA) is 97.7 Å². The number of piperidine rings is 1. The third kappa shape index (κ3) is 3.82. The van der Waals surface area contributed by atoms with Gasteiger partial charge in [0.05, 0.1) is 6.61 Å². The predicted molar refractivity (Wildman–Crippen MR) is 103 cm³/mol. The van der Waals surface area contributed by atoms with Gasteiger partial charge in [-0.05, 0) is 46.5 Å². The zero-order chi connectivity index (χ0) is 20.6. The molecule has 0 spiro atoms. The van der Waals surface area contributed by atoms with E-state index in [1.54, 1.807) is 32.4 Å². The minimum Gasteiger partial charge on any atom is -0.462 e. The third-order valence-corrected chi connectivity index (χ3v) is 7.81. The van der Waals surface area contributed by atoms with Crippen LogP contribution in [-0.2, 0) is 26.6 Å². The van der Waals surface area contributed by atoms with Crippen LogP contribution in [0.3, 0.4) is 0 Å². The van der Waals surface area contributed by atoms with Gasteiger partial charge >= 0.3 is 5.97 Å². The van der Waals surface area contributed by atoms with Gasteiger partial charge in [-0.3, -0.25) is 4.79 Å². The van der Waals surface area contributed by atoms with Gasteiger partial charge in [-0.2, -0.15) is 4.31 Å². The van der Waals surface area contributed by atoms with E-state index in [1.165, 1.54) is 4.31 Å². The van der Waals surface area contributed by atoms with Gasteiger partial charge in [0.1, 0.15) is 10.5 Å². The molecule has 9 heteroatoms. The van der Waals surface area contributed by atoms with Crippen LogP contribution in [0.15, 0.2) is 4.90 Å². The van der Waals surface area contributed by atoms with Crippen molar-refractivity contribution in [2.24, 2.45) is 13.0 Å². The first kappa shape index (κ1) is 20.9. The van der Waals surface area contributed by atoms with E-state index >= 15 is 0 Å². The second-order valence-electron chi connectivity index (χ2n) is 7.62. The van der Waals surface area contributed by atoms with Crippen LogP contribution in [0.4, 0.5) is 0 Å². The first-order valence-corrected chi connectivity index (χ1v) is 11.3. The van der Waals surface area contributed by atoms with E-state index in [0.717, 1.165) is 12.8 Å². The average molecular weight is 412 g/mol. The smallest absolute Gasteiger partial charge is 0.341 e. The van der Waals surface area contributed by atoms with Crippen molar-refractivity contribution in [1.29, 1.82) is 0 Å². The maximum Gasteiger partial charge on any atom is 0.341 e. The van der Waals surface area contributed by atoms with Crippen molar-refractivity contribution >= 4 is 21.9 Å². The third-order valence-electron chi connectivity index (χ3n) is 5.75. The maximum atomic E-state index is 13.4. The summed E-state index contributed by atoms with van der Waals surface area (Å²) in [4.78, 5) is 24.7. The Morgan fingerprint density at radius 1 is 1.11 bits per heavy atom. The van der Waals surface area contributed by atoms with Crippen molar-refractivity contribution in [2.75, 3.05) is 19.7 Å². The summed E-state index contributed by atoms with van der Waals surface area (Å²) in [5.74, 6) is -0.755. The first-order chi connectivity index (χ1) is 13.2. The van der Waals surface area contributed by atoms with E-state index in [9.17, 15) is 18.0 Å². The largest absolute Gasteiger partial charge is 0.462 e. The lowest BCUT2D eigenvalue weighted by atomic mass is 9.97. The van der Waals surface area contributed by atoms with Crippen molar-refractivity contribution in [3.05, 3.63) is 17.0 Å². The number of aromatic nitrogens is 1. The van der Waals surface area contributed by atoms with Crippen LogP contribution in [-0.4, -0.2) is 54.9 Å². The van der Waals surface area contributed by atoms with Crippen LogP contribution in [0.25, 0.3) is 0 Å². The van der Waals surface area contributed by atoms with Crippen LogP contribution in [0.2, 0.25) is 0 Å². The fraction of sp³-hybridized carbons (Fsp3) is 0.684. The number of hydrogen-bond donors (Lipinski definition) is 1. The Morgan fingerprint density at radius 3 is 2.25 bits per heavy atom. The van der Waals surface area contributed by atoms with Crippen LogP contribution in [0.5, 0.6) is 0 Å². The Hall–Kier alpha value is -1.87. The van der Waals surface area contributed by atoms with E-state index in [-0.39, 0.29) is 42.0 Å². The van der Waals surface area contributed by atoms with Crippen molar-refractivity contribution in [2.45, 2.75) is 57.4 Å². The fourth-order valence-corrected chi connectivity index (χ4v) is 5.66. The number of rotatable bonds is 6. The molecular weight excluding hydrogens is 382 g/mol. The van der Waals surface area contributed by atoms with Gasteiger partial charge in [-0.1, -0.05) is 0 Å². The molecule has 1 amide bonds. The Kier molecular flexibility index (Phi) is 5.86. The van der Waals surface area contributed by atoms with Gasteiger partial charge in [0.25, 0.3) is 0 Å². The Labute approximate surface area is 166 Å². The van der Waals surface area contributed by atoms with Crippen LogP contribution in [0, 0.1) is 19.8 Å². The number of amides is 1. The molecule has 1 saturated carbocycles. The highest BCUT2D eigenvalue weighted by Crippen LogP contribution is 2.32. The molecule has 0 radical (unpaired) electrons. The lowest BCUT2D eigenvalue weighted by Crippen LogP contribution is -2.43.